The molecule has 2 aromatic heterocycles. The van der Waals surface area contributed by atoms with Crippen molar-refractivity contribution < 1.29 is 9.94 Å². The van der Waals surface area contributed by atoms with Gasteiger partial charge in [-0.3, -0.25) is 4.98 Å². The summed E-state index contributed by atoms with van der Waals surface area (Å²) in [5.74, 6) is 1.43. The Hall–Kier alpha value is -3.77. The molecular formula is C28H26N4O2. The summed E-state index contributed by atoms with van der Waals surface area (Å²) in [4.78, 5) is 18.5. The highest BCUT2D eigenvalue weighted by Crippen LogP contribution is 2.43. The van der Waals surface area contributed by atoms with Gasteiger partial charge in [-0.25, -0.2) is 4.98 Å². The topological polar surface area (TPSA) is 83.4 Å². The summed E-state index contributed by atoms with van der Waals surface area (Å²) in [6, 6.07) is 19.5. The summed E-state index contributed by atoms with van der Waals surface area (Å²) < 4.78 is 0. The van der Waals surface area contributed by atoms with Gasteiger partial charge in [0.25, 0.3) is 0 Å². The highest BCUT2D eigenvalue weighted by molar-refractivity contribution is 6.24. The molecule has 0 radical (unpaired) electrons. The van der Waals surface area contributed by atoms with Gasteiger partial charge in [-0.1, -0.05) is 41.6 Å². The molecule has 6 heteroatoms. The van der Waals surface area contributed by atoms with E-state index in [2.05, 4.69) is 28.1 Å². The SMILES string of the molecule is CC1=NOCC(C)=C1c1cc(C(O)(c2ccccc2)c2ccccn2)c2nc(C3CC3)[nH]c2c1. The van der Waals surface area contributed by atoms with E-state index >= 15 is 0 Å². The van der Waals surface area contributed by atoms with Crippen LogP contribution in [0, 0.1) is 0 Å². The van der Waals surface area contributed by atoms with E-state index in [-0.39, 0.29) is 0 Å². The van der Waals surface area contributed by atoms with E-state index in [1.54, 1.807) is 6.20 Å². The average molecular weight is 451 g/mol. The number of fused-ring (bicyclic) bond motifs is 1. The molecule has 1 aliphatic carbocycles. The van der Waals surface area contributed by atoms with Crippen LogP contribution in [0.15, 0.2) is 77.6 Å². The van der Waals surface area contributed by atoms with Crippen LogP contribution in [-0.2, 0) is 10.4 Å². The van der Waals surface area contributed by atoms with Gasteiger partial charge in [0.05, 0.1) is 22.4 Å². The molecule has 1 fully saturated rings. The van der Waals surface area contributed by atoms with Crippen LogP contribution in [0.1, 0.15) is 60.8 Å². The van der Waals surface area contributed by atoms with Gasteiger partial charge in [-0.15, -0.1) is 0 Å². The van der Waals surface area contributed by atoms with E-state index < -0.39 is 5.60 Å². The van der Waals surface area contributed by atoms with Crippen LogP contribution in [0.2, 0.25) is 0 Å². The Labute approximate surface area is 198 Å². The lowest BCUT2D eigenvalue weighted by atomic mass is 9.80. The third-order valence-electron chi connectivity index (χ3n) is 6.75. The number of nitrogens with zero attached hydrogens (tertiary/aromatic N) is 3. The molecule has 1 saturated carbocycles. The molecule has 2 aliphatic rings. The van der Waals surface area contributed by atoms with E-state index in [1.165, 1.54) is 0 Å². The molecule has 1 aliphatic heterocycles. The van der Waals surface area contributed by atoms with Gasteiger partial charge in [0.2, 0.25) is 0 Å². The number of aromatic nitrogens is 3. The third-order valence-corrected chi connectivity index (χ3v) is 6.75. The number of pyridine rings is 1. The predicted molar refractivity (Wildman–Crippen MR) is 133 cm³/mol. The van der Waals surface area contributed by atoms with E-state index in [0.29, 0.717) is 23.8 Å². The van der Waals surface area contributed by atoms with Gasteiger partial charge >= 0.3 is 0 Å². The maximum absolute atomic E-state index is 12.6. The van der Waals surface area contributed by atoms with E-state index in [0.717, 1.165) is 57.7 Å². The van der Waals surface area contributed by atoms with Crippen molar-refractivity contribution in [3.05, 3.63) is 101 Å². The van der Waals surface area contributed by atoms with Crippen molar-refractivity contribution >= 4 is 22.3 Å². The number of rotatable bonds is 5. The summed E-state index contributed by atoms with van der Waals surface area (Å²) >= 11 is 0. The maximum atomic E-state index is 12.6. The molecule has 6 rings (SSSR count). The van der Waals surface area contributed by atoms with Crippen LogP contribution in [-0.4, -0.2) is 32.4 Å². The number of oxime groups is 1. The van der Waals surface area contributed by atoms with Gasteiger partial charge in [-0.05, 0) is 67.7 Å². The molecule has 2 N–H and O–H groups in total. The summed E-state index contributed by atoms with van der Waals surface area (Å²) in [7, 11) is 0. The maximum Gasteiger partial charge on any atom is 0.159 e. The molecule has 4 aromatic rings. The minimum Gasteiger partial charge on any atom is -0.391 e. The Morgan fingerprint density at radius 1 is 1.03 bits per heavy atom. The van der Waals surface area contributed by atoms with Crippen molar-refractivity contribution in [1.29, 1.82) is 0 Å². The van der Waals surface area contributed by atoms with Crippen LogP contribution in [0.4, 0.5) is 0 Å². The highest BCUT2D eigenvalue weighted by Gasteiger charge is 2.39. The number of H-pyrrole nitrogens is 1. The van der Waals surface area contributed by atoms with Gasteiger partial charge in [0.1, 0.15) is 12.4 Å². The first-order chi connectivity index (χ1) is 16.6. The Balaban J connectivity index is 1.68. The Morgan fingerprint density at radius 3 is 2.53 bits per heavy atom. The summed E-state index contributed by atoms with van der Waals surface area (Å²) in [6.07, 6.45) is 3.99. The second-order valence-electron chi connectivity index (χ2n) is 9.21. The van der Waals surface area contributed by atoms with Crippen molar-refractivity contribution in [3.63, 3.8) is 0 Å². The smallest absolute Gasteiger partial charge is 0.159 e. The fraction of sp³-hybridized carbons (Fsp3) is 0.250. The lowest BCUT2D eigenvalue weighted by molar-refractivity contribution is 0.122. The average Bonchev–Trinajstić information content (AvgIpc) is 3.63. The molecular weight excluding hydrogens is 424 g/mol. The summed E-state index contributed by atoms with van der Waals surface area (Å²) in [5, 5.41) is 16.8. The van der Waals surface area contributed by atoms with Crippen LogP contribution < -0.4 is 0 Å². The van der Waals surface area contributed by atoms with Crippen LogP contribution in [0.5, 0.6) is 0 Å². The number of nitrogens with one attached hydrogen (secondary N) is 1. The molecule has 170 valence electrons. The molecule has 1 atom stereocenters. The molecule has 1 unspecified atom stereocenters. The first kappa shape index (κ1) is 20.8. The Kier molecular flexibility index (Phi) is 4.85. The molecule has 0 bridgehead atoms. The predicted octanol–water partition coefficient (Wildman–Crippen LogP) is 5.30. The quantitative estimate of drug-likeness (QED) is 0.432. The minimum atomic E-state index is -1.49. The number of hydrogen-bond donors (Lipinski definition) is 2. The van der Waals surface area contributed by atoms with Crippen LogP contribution >= 0.6 is 0 Å². The zero-order valence-corrected chi connectivity index (χ0v) is 19.2. The highest BCUT2D eigenvalue weighted by atomic mass is 16.6. The standard InChI is InChI=1S/C28H26N4O2/c1-17-16-34-32-18(2)25(17)20-14-22(26-23(15-20)30-27(31-26)19-11-12-19)28(33,21-8-4-3-5-9-21)24-10-6-7-13-29-24/h3-10,13-15,19,33H,11-12,16H2,1-2H3,(H,30,31). The van der Waals surface area contributed by atoms with Gasteiger partial charge < -0.3 is 14.9 Å². The Bertz CT molecular complexity index is 1390. The number of aliphatic hydroxyl groups is 1. The van der Waals surface area contributed by atoms with Crippen molar-refractivity contribution in [3.8, 4) is 0 Å². The first-order valence-electron chi connectivity index (χ1n) is 11.7. The number of benzene rings is 2. The van der Waals surface area contributed by atoms with Crippen molar-refractivity contribution in [2.75, 3.05) is 6.61 Å². The first-order valence-corrected chi connectivity index (χ1v) is 11.7. The van der Waals surface area contributed by atoms with Crippen LogP contribution in [0.3, 0.4) is 0 Å². The lowest BCUT2D eigenvalue weighted by Gasteiger charge is -2.30. The van der Waals surface area contributed by atoms with Gasteiger partial charge in [0, 0.05) is 23.3 Å². The van der Waals surface area contributed by atoms with Gasteiger partial charge in [0.15, 0.2) is 5.60 Å². The largest absolute Gasteiger partial charge is 0.391 e. The molecule has 3 heterocycles. The van der Waals surface area contributed by atoms with Crippen molar-refractivity contribution in [2.24, 2.45) is 5.16 Å². The van der Waals surface area contributed by atoms with Crippen molar-refractivity contribution in [2.45, 2.75) is 38.2 Å². The number of aromatic amines is 1. The fourth-order valence-corrected chi connectivity index (χ4v) is 4.91. The second-order valence-corrected chi connectivity index (χ2v) is 9.21. The molecule has 0 spiro atoms. The minimum absolute atomic E-state index is 0.444. The van der Waals surface area contributed by atoms with Gasteiger partial charge in [-0.2, -0.15) is 0 Å². The zero-order valence-electron chi connectivity index (χ0n) is 19.2. The molecule has 6 nitrogen and oxygen atoms in total. The molecule has 34 heavy (non-hydrogen) atoms. The van der Waals surface area contributed by atoms with Crippen LogP contribution in [0.25, 0.3) is 16.6 Å². The zero-order chi connectivity index (χ0) is 23.3. The van der Waals surface area contributed by atoms with E-state index in [4.69, 9.17) is 9.82 Å². The second kappa shape index (κ2) is 7.92. The molecule has 0 amide bonds. The lowest BCUT2D eigenvalue weighted by Crippen LogP contribution is -2.30. The normalized spacial score (nSPS) is 17.9. The fourth-order valence-electron chi connectivity index (χ4n) is 4.91. The molecule has 0 saturated heterocycles. The van der Waals surface area contributed by atoms with E-state index in [1.807, 2.05) is 61.5 Å². The summed E-state index contributed by atoms with van der Waals surface area (Å²) in [5.41, 5.74) is 6.10. The van der Waals surface area contributed by atoms with Crippen molar-refractivity contribution in [1.82, 2.24) is 15.0 Å². The van der Waals surface area contributed by atoms with E-state index in [9.17, 15) is 5.11 Å². The number of allylic oxidation sites excluding steroid dienone is 1. The Morgan fingerprint density at radius 2 is 1.82 bits per heavy atom. The summed E-state index contributed by atoms with van der Waals surface area (Å²) in [6.45, 7) is 4.45. The number of imidazole rings is 1. The monoisotopic (exact) mass is 450 g/mol. The molecule has 2 aromatic carbocycles. The third kappa shape index (κ3) is 3.33. The number of hydrogen-bond acceptors (Lipinski definition) is 5.